The Morgan fingerprint density at radius 3 is 2.56 bits per heavy atom. The highest BCUT2D eigenvalue weighted by Crippen LogP contribution is 2.77. The Bertz CT molecular complexity index is 1670. The van der Waals surface area contributed by atoms with Crippen LogP contribution in [0.1, 0.15) is 91.4 Å². The van der Waals surface area contributed by atoms with Crippen molar-refractivity contribution in [2.75, 3.05) is 33.5 Å². The van der Waals surface area contributed by atoms with E-state index in [0.717, 1.165) is 24.8 Å². The number of nitrogens with zero attached hydrogens (tertiary/aromatic N) is 1. The van der Waals surface area contributed by atoms with Gasteiger partial charge >= 0.3 is 0 Å². The quantitative estimate of drug-likeness (QED) is 0.132. The van der Waals surface area contributed by atoms with Crippen LogP contribution in [0.2, 0.25) is 0 Å². The lowest BCUT2D eigenvalue weighted by Gasteiger charge is -2.67. The Kier molecular flexibility index (Phi) is 8.92. The van der Waals surface area contributed by atoms with Gasteiger partial charge in [-0.05, 0) is 105 Å². The SMILES string of the molecule is COCCCO[C@H]1CC[C@@]2(C)[C@@H](C1)C(=O)C1=C3[C@@]24C#CC[C@H]2CN2C(=O)[C@@H]2C[C@@H]5[C@@H](CO)[C@H](O[C@@H]5[C@H](O)N2)[C@@H](O)[C@@](C)(O)[C@H]2C[C@H](CC1)[C@]3(O)[C@]2(C)CC4. The van der Waals surface area contributed by atoms with E-state index in [0.29, 0.717) is 76.7 Å². The summed E-state index contributed by atoms with van der Waals surface area (Å²) in [6, 6.07) is -0.770. The topological polar surface area (TPSA) is 178 Å². The fraction of sp³-hybridized carbons (Fsp3) is 0.857. The summed E-state index contributed by atoms with van der Waals surface area (Å²) in [4.78, 5) is 30.6. The maximum absolute atomic E-state index is 15.0. The van der Waals surface area contributed by atoms with E-state index in [1.165, 1.54) is 0 Å². The number of allylic oxidation sites excluding steroid dienone is 1. The number of ketones is 1. The molecule has 6 fully saturated rings. The monoisotopic (exact) mass is 752 g/mol. The normalized spacial score (nSPS) is 53.1. The predicted molar refractivity (Wildman–Crippen MR) is 194 cm³/mol. The molecule has 5 aliphatic carbocycles. The Morgan fingerprint density at radius 2 is 1.80 bits per heavy atom. The van der Waals surface area contributed by atoms with E-state index in [1.807, 2.05) is 6.92 Å². The number of rotatable bonds is 6. The lowest BCUT2D eigenvalue weighted by Crippen LogP contribution is -2.69. The Hall–Kier alpha value is -1.92. The van der Waals surface area contributed by atoms with E-state index in [1.54, 1.807) is 18.9 Å². The van der Waals surface area contributed by atoms with E-state index in [4.69, 9.17) is 14.2 Å². The molecule has 6 N–H and O–H groups in total. The number of aliphatic hydroxyl groups is 5. The molecule has 12 nitrogen and oxygen atoms in total. The first-order chi connectivity index (χ1) is 25.7. The molecule has 0 aromatic heterocycles. The Balaban J connectivity index is 1.17. The number of aliphatic hydroxyl groups excluding tert-OH is 3. The smallest absolute Gasteiger partial charge is 0.240 e. The van der Waals surface area contributed by atoms with Crippen LogP contribution in [0.3, 0.4) is 0 Å². The van der Waals surface area contributed by atoms with Gasteiger partial charge in [-0.3, -0.25) is 14.9 Å². The van der Waals surface area contributed by atoms with Crippen molar-refractivity contribution < 1.29 is 49.3 Å². The summed E-state index contributed by atoms with van der Waals surface area (Å²) in [5, 5.41) is 63.7. The molecular weight excluding hydrogens is 692 g/mol. The molecule has 1 spiro atoms. The summed E-state index contributed by atoms with van der Waals surface area (Å²) in [6.07, 6.45) is 1.87. The van der Waals surface area contributed by atoms with Crippen molar-refractivity contribution in [1.29, 1.82) is 0 Å². The Labute approximate surface area is 318 Å². The number of carbonyl (C=O) groups is 2. The first-order valence-corrected chi connectivity index (χ1v) is 20.7. The minimum atomic E-state index is -1.77. The van der Waals surface area contributed by atoms with E-state index < -0.39 is 75.8 Å². The third-order valence-corrected chi connectivity index (χ3v) is 17.0. The zero-order valence-corrected chi connectivity index (χ0v) is 32.3. The molecule has 5 aliphatic heterocycles. The number of nitrogens with one attached hydrogen (secondary N) is 1. The highest BCUT2D eigenvalue weighted by Gasteiger charge is 2.78. The maximum Gasteiger partial charge on any atom is 0.240 e. The number of fused-ring (bicyclic) bond motifs is 4. The number of amides is 1. The highest BCUT2D eigenvalue weighted by atomic mass is 16.5. The molecular formula is C42H60N2O10. The molecule has 10 aliphatic rings. The van der Waals surface area contributed by atoms with Crippen molar-refractivity contribution in [3.8, 4) is 11.8 Å². The number of methoxy groups -OCH3 is 1. The Morgan fingerprint density at radius 1 is 1.00 bits per heavy atom. The van der Waals surface area contributed by atoms with Crippen molar-refractivity contribution in [1.82, 2.24) is 10.2 Å². The van der Waals surface area contributed by atoms with Gasteiger partial charge in [0, 0.05) is 57.1 Å². The molecule has 298 valence electrons. The van der Waals surface area contributed by atoms with Crippen LogP contribution in [0.25, 0.3) is 0 Å². The summed E-state index contributed by atoms with van der Waals surface area (Å²) >= 11 is 0. The summed E-state index contributed by atoms with van der Waals surface area (Å²) in [5.74, 6) is 5.14. The van der Waals surface area contributed by atoms with Gasteiger partial charge in [0.25, 0.3) is 0 Å². The van der Waals surface area contributed by atoms with Crippen molar-refractivity contribution in [3.63, 3.8) is 0 Å². The number of hydrogen-bond donors (Lipinski definition) is 6. The van der Waals surface area contributed by atoms with Gasteiger partial charge < -0.3 is 44.6 Å². The minimum Gasteiger partial charge on any atom is -0.396 e. The number of hydrogen-bond acceptors (Lipinski definition) is 11. The van der Waals surface area contributed by atoms with E-state index in [9.17, 15) is 35.1 Å². The zero-order valence-electron chi connectivity index (χ0n) is 32.3. The fourth-order valence-electron chi connectivity index (χ4n) is 14.0. The lowest BCUT2D eigenvalue weighted by atomic mass is 9.37. The standard InChI is InChI=1S/C42H60N2O10/c1-38-12-10-24(53-16-6-15-52-4)18-28(38)31(46)25-9-8-22-17-30-39(2)13-14-41(38,34(25)42(22,39)51)11-5-7-23-20-44(23)37(49)29-19-26-27(21-45)32(35(47)40(30,3)50)54-33(26)36(48)43-29/h22-24,26-30,32-33,35-36,43,45,47-48,50-51H,6-10,12-21H2,1-4H3/t22-,23-,24-,26+,27+,28-,29-,30-,32-,33-,35+,36-,38-,39+,40-,41-,42+,44?/m0/s1. The molecule has 3 saturated heterocycles. The first-order valence-electron chi connectivity index (χ1n) is 20.7. The molecule has 0 radical (unpaired) electrons. The van der Waals surface area contributed by atoms with Crippen molar-refractivity contribution in [3.05, 3.63) is 11.1 Å². The van der Waals surface area contributed by atoms with Crippen LogP contribution in [0.4, 0.5) is 0 Å². The summed E-state index contributed by atoms with van der Waals surface area (Å²) in [5.41, 5.74) is -4.01. The molecule has 0 aromatic carbocycles. The third-order valence-electron chi connectivity index (χ3n) is 17.0. The molecule has 17 atom stereocenters. The number of Topliss-reactive ketones (excluding diaryl/α,β-unsaturated/α-hetero) is 1. The molecule has 3 saturated carbocycles. The molecule has 12 heteroatoms. The van der Waals surface area contributed by atoms with Crippen LogP contribution >= 0.6 is 0 Å². The second-order valence-corrected chi connectivity index (χ2v) is 19.2. The summed E-state index contributed by atoms with van der Waals surface area (Å²) < 4.78 is 17.9. The first kappa shape index (κ1) is 37.6. The zero-order chi connectivity index (χ0) is 38.2. The van der Waals surface area contributed by atoms with Crippen LogP contribution in [-0.4, -0.2) is 130 Å². The second kappa shape index (κ2) is 12.8. The molecule has 0 unspecified atom stereocenters. The van der Waals surface area contributed by atoms with Gasteiger partial charge in [-0.15, -0.1) is 5.92 Å². The van der Waals surface area contributed by atoms with Crippen LogP contribution in [0.15, 0.2) is 11.1 Å². The third kappa shape index (κ3) is 4.89. The van der Waals surface area contributed by atoms with Crippen molar-refractivity contribution in [2.45, 2.75) is 145 Å². The number of carbonyl (C=O) groups excluding carboxylic acids is 2. The van der Waals surface area contributed by atoms with Gasteiger partial charge in [-0.2, -0.15) is 0 Å². The molecule has 10 rings (SSSR count). The van der Waals surface area contributed by atoms with Crippen LogP contribution in [-0.2, 0) is 23.8 Å². The molecule has 0 aromatic rings. The van der Waals surface area contributed by atoms with E-state index in [-0.39, 0.29) is 42.3 Å². The molecule has 5 heterocycles. The maximum atomic E-state index is 15.0. The van der Waals surface area contributed by atoms with Crippen LogP contribution in [0.5, 0.6) is 0 Å². The summed E-state index contributed by atoms with van der Waals surface area (Å²) in [6.45, 7) is 7.27. The van der Waals surface area contributed by atoms with E-state index >= 15 is 0 Å². The summed E-state index contributed by atoms with van der Waals surface area (Å²) in [7, 11) is 1.68. The minimum absolute atomic E-state index is 0.0520. The number of piperidine rings is 1. The molecule has 7 bridgehead atoms. The average Bonchev–Trinajstić information content (AvgIpc) is 3.74. The van der Waals surface area contributed by atoms with E-state index in [2.05, 4.69) is 24.1 Å². The van der Waals surface area contributed by atoms with Gasteiger partial charge in [0.2, 0.25) is 5.91 Å². The lowest BCUT2D eigenvalue weighted by molar-refractivity contribution is -0.209. The van der Waals surface area contributed by atoms with Gasteiger partial charge in [0.1, 0.15) is 18.4 Å². The predicted octanol–water partition coefficient (Wildman–Crippen LogP) is 1.44. The fourth-order valence-corrected chi connectivity index (χ4v) is 14.0. The average molecular weight is 753 g/mol. The molecule has 1 amide bonds. The van der Waals surface area contributed by atoms with Gasteiger partial charge in [0.05, 0.1) is 40.9 Å². The van der Waals surface area contributed by atoms with Crippen molar-refractivity contribution >= 4 is 11.7 Å². The van der Waals surface area contributed by atoms with Gasteiger partial charge in [0.15, 0.2) is 5.78 Å². The highest BCUT2D eigenvalue weighted by molar-refractivity contribution is 6.01. The van der Waals surface area contributed by atoms with Gasteiger partial charge in [-0.25, -0.2) is 0 Å². The van der Waals surface area contributed by atoms with Crippen molar-refractivity contribution in [2.24, 2.45) is 45.8 Å². The second-order valence-electron chi connectivity index (χ2n) is 19.2. The van der Waals surface area contributed by atoms with Crippen LogP contribution < -0.4 is 5.32 Å². The largest absolute Gasteiger partial charge is 0.396 e. The van der Waals surface area contributed by atoms with Crippen LogP contribution in [0, 0.1) is 57.7 Å². The molecule has 54 heavy (non-hydrogen) atoms. The number of ether oxygens (including phenoxy) is 3. The van der Waals surface area contributed by atoms with Gasteiger partial charge in [-0.1, -0.05) is 19.8 Å².